The molecular formula is C16H19ClN4O3S2. The van der Waals surface area contributed by atoms with Crippen molar-refractivity contribution in [2.75, 3.05) is 31.9 Å². The molecule has 0 saturated carbocycles. The summed E-state index contributed by atoms with van der Waals surface area (Å²) in [4.78, 5) is 18.3. The van der Waals surface area contributed by atoms with E-state index < -0.39 is 10.0 Å². The van der Waals surface area contributed by atoms with Gasteiger partial charge in [0.1, 0.15) is 4.90 Å². The fraction of sp³-hybridized carbons (Fsp3) is 0.375. The molecule has 2 aromatic rings. The van der Waals surface area contributed by atoms with Crippen LogP contribution in [0.1, 0.15) is 0 Å². The zero-order valence-electron chi connectivity index (χ0n) is 14.2. The van der Waals surface area contributed by atoms with Crippen LogP contribution in [0.3, 0.4) is 0 Å². The number of hydrogen-bond donors (Lipinski definition) is 0. The van der Waals surface area contributed by atoms with E-state index in [1.54, 1.807) is 29.3 Å². The number of imidazole rings is 1. The van der Waals surface area contributed by atoms with Gasteiger partial charge < -0.3 is 9.47 Å². The van der Waals surface area contributed by atoms with Crippen molar-refractivity contribution in [3.8, 4) is 0 Å². The summed E-state index contributed by atoms with van der Waals surface area (Å²) in [7, 11) is -1.78. The summed E-state index contributed by atoms with van der Waals surface area (Å²) in [5.41, 5.74) is 0. The molecule has 10 heteroatoms. The Morgan fingerprint density at radius 2 is 1.92 bits per heavy atom. The normalized spacial score (nSPS) is 16.0. The number of carbonyl (C=O) groups is 1. The lowest BCUT2D eigenvalue weighted by molar-refractivity contribution is -0.129. The van der Waals surface area contributed by atoms with E-state index in [0.717, 1.165) is 5.16 Å². The molecule has 1 saturated heterocycles. The van der Waals surface area contributed by atoms with Crippen molar-refractivity contribution in [2.45, 2.75) is 10.1 Å². The van der Waals surface area contributed by atoms with Gasteiger partial charge in [0.15, 0.2) is 5.16 Å². The first kappa shape index (κ1) is 19.2. The minimum absolute atomic E-state index is 0.0206. The van der Waals surface area contributed by atoms with E-state index in [-0.39, 0.29) is 34.7 Å². The van der Waals surface area contributed by atoms with Crippen LogP contribution < -0.4 is 0 Å². The third-order valence-corrected chi connectivity index (χ3v) is 7.59. The van der Waals surface area contributed by atoms with E-state index in [1.165, 1.54) is 22.1 Å². The number of hydrogen-bond acceptors (Lipinski definition) is 5. The molecule has 0 atom stereocenters. The van der Waals surface area contributed by atoms with Gasteiger partial charge in [-0.25, -0.2) is 13.4 Å². The molecule has 1 aliphatic rings. The highest BCUT2D eigenvalue weighted by molar-refractivity contribution is 7.99. The number of sulfonamides is 1. The quantitative estimate of drug-likeness (QED) is 0.696. The second-order valence-corrected chi connectivity index (χ2v) is 9.08. The smallest absolute Gasteiger partial charge is 0.244 e. The molecule has 3 rings (SSSR count). The lowest BCUT2D eigenvalue weighted by atomic mass is 10.3. The van der Waals surface area contributed by atoms with Gasteiger partial charge in [-0.05, 0) is 12.1 Å². The molecule has 1 aromatic heterocycles. The molecule has 140 valence electrons. The minimum Gasteiger partial charge on any atom is -0.339 e. The molecule has 1 amide bonds. The van der Waals surface area contributed by atoms with Crippen molar-refractivity contribution in [1.29, 1.82) is 0 Å². The molecule has 2 heterocycles. The minimum atomic E-state index is -3.65. The third kappa shape index (κ3) is 4.06. The van der Waals surface area contributed by atoms with Crippen molar-refractivity contribution >= 4 is 39.3 Å². The van der Waals surface area contributed by atoms with Crippen LogP contribution in [-0.4, -0.2) is 65.0 Å². The second kappa shape index (κ2) is 7.99. The Morgan fingerprint density at radius 1 is 1.23 bits per heavy atom. The SMILES string of the molecule is Cn1ccnc1SCC(=O)N1CCN(S(=O)(=O)c2ccccc2Cl)CC1. The molecular weight excluding hydrogens is 396 g/mol. The summed E-state index contributed by atoms with van der Waals surface area (Å²) in [5, 5.41) is 0.982. The fourth-order valence-corrected chi connectivity index (χ4v) is 5.43. The highest BCUT2D eigenvalue weighted by Gasteiger charge is 2.31. The largest absolute Gasteiger partial charge is 0.339 e. The van der Waals surface area contributed by atoms with Crippen LogP contribution >= 0.6 is 23.4 Å². The molecule has 0 spiro atoms. The van der Waals surface area contributed by atoms with Crippen LogP contribution in [0.25, 0.3) is 0 Å². The van der Waals surface area contributed by atoms with Crippen LogP contribution in [0.5, 0.6) is 0 Å². The fourth-order valence-electron chi connectivity index (χ4n) is 2.68. The molecule has 1 aromatic carbocycles. The van der Waals surface area contributed by atoms with Gasteiger partial charge in [0.05, 0.1) is 10.8 Å². The van der Waals surface area contributed by atoms with Crippen molar-refractivity contribution in [3.05, 3.63) is 41.7 Å². The highest BCUT2D eigenvalue weighted by atomic mass is 35.5. The first-order valence-corrected chi connectivity index (χ1v) is 10.8. The lowest BCUT2D eigenvalue weighted by Crippen LogP contribution is -2.51. The molecule has 0 bridgehead atoms. The summed E-state index contributed by atoms with van der Waals surface area (Å²) < 4.78 is 28.7. The molecule has 26 heavy (non-hydrogen) atoms. The molecule has 0 radical (unpaired) electrons. The topological polar surface area (TPSA) is 75.5 Å². The van der Waals surface area contributed by atoms with Crippen molar-refractivity contribution in [2.24, 2.45) is 7.05 Å². The van der Waals surface area contributed by atoms with Crippen LogP contribution in [0.2, 0.25) is 5.02 Å². The van der Waals surface area contributed by atoms with Gasteiger partial charge >= 0.3 is 0 Å². The zero-order valence-corrected chi connectivity index (χ0v) is 16.6. The summed E-state index contributed by atoms with van der Waals surface area (Å²) in [6.07, 6.45) is 3.51. The van der Waals surface area contributed by atoms with Crippen molar-refractivity contribution in [3.63, 3.8) is 0 Å². The summed E-state index contributed by atoms with van der Waals surface area (Å²) in [5.74, 6) is 0.259. The van der Waals surface area contributed by atoms with Gasteiger partial charge in [0, 0.05) is 45.6 Å². The average molecular weight is 415 g/mol. The molecule has 0 aliphatic carbocycles. The second-order valence-electron chi connectivity index (χ2n) is 5.82. The van der Waals surface area contributed by atoms with Crippen LogP contribution in [0, 0.1) is 0 Å². The lowest BCUT2D eigenvalue weighted by Gasteiger charge is -2.34. The van der Waals surface area contributed by atoms with Crippen LogP contribution in [0.4, 0.5) is 0 Å². The number of aromatic nitrogens is 2. The summed E-state index contributed by atoms with van der Waals surface area (Å²) >= 11 is 7.40. The Kier molecular flexibility index (Phi) is 5.91. The van der Waals surface area contributed by atoms with E-state index >= 15 is 0 Å². The number of carbonyl (C=O) groups excluding carboxylic acids is 1. The van der Waals surface area contributed by atoms with Gasteiger partial charge in [0.25, 0.3) is 0 Å². The first-order chi connectivity index (χ1) is 12.4. The van der Waals surface area contributed by atoms with Gasteiger partial charge in [-0.1, -0.05) is 35.5 Å². The maximum atomic E-state index is 12.7. The van der Waals surface area contributed by atoms with E-state index in [9.17, 15) is 13.2 Å². The molecule has 1 aliphatic heterocycles. The number of amides is 1. The summed E-state index contributed by atoms with van der Waals surface area (Å²) in [6.45, 7) is 1.24. The number of nitrogens with zero attached hydrogens (tertiary/aromatic N) is 4. The first-order valence-electron chi connectivity index (χ1n) is 8.02. The van der Waals surface area contributed by atoms with E-state index in [2.05, 4.69) is 4.98 Å². The van der Waals surface area contributed by atoms with Crippen LogP contribution in [-0.2, 0) is 21.9 Å². The number of halogens is 1. The number of thioether (sulfide) groups is 1. The number of aryl methyl sites for hydroxylation is 1. The van der Waals surface area contributed by atoms with Crippen molar-refractivity contribution in [1.82, 2.24) is 18.8 Å². The Bertz CT molecular complexity index is 892. The Labute approximate surface area is 162 Å². The highest BCUT2D eigenvalue weighted by Crippen LogP contribution is 2.25. The van der Waals surface area contributed by atoms with E-state index in [1.807, 2.05) is 17.8 Å². The van der Waals surface area contributed by atoms with E-state index in [4.69, 9.17) is 11.6 Å². The predicted octanol–water partition coefficient (Wildman–Crippen LogP) is 1.70. The zero-order chi connectivity index (χ0) is 18.7. The van der Waals surface area contributed by atoms with E-state index in [0.29, 0.717) is 13.1 Å². The summed E-state index contributed by atoms with van der Waals surface area (Å²) in [6, 6.07) is 6.40. The third-order valence-electron chi connectivity index (χ3n) is 4.15. The maximum Gasteiger partial charge on any atom is 0.244 e. The standard InChI is InChI=1S/C16H19ClN4O3S2/c1-19-7-6-18-16(19)25-12-15(22)20-8-10-21(11-9-20)26(23,24)14-5-3-2-4-13(14)17/h2-7H,8-12H2,1H3. The monoisotopic (exact) mass is 414 g/mol. The number of rotatable bonds is 5. The molecule has 0 unspecified atom stereocenters. The Morgan fingerprint density at radius 3 is 2.54 bits per heavy atom. The van der Waals surface area contributed by atoms with Gasteiger partial charge in [0.2, 0.25) is 15.9 Å². The Hall–Kier alpha value is -1.55. The Balaban J connectivity index is 1.58. The molecule has 7 nitrogen and oxygen atoms in total. The number of piperazine rings is 1. The van der Waals surface area contributed by atoms with Crippen molar-refractivity contribution < 1.29 is 13.2 Å². The maximum absolute atomic E-state index is 12.7. The van der Waals surface area contributed by atoms with Crippen LogP contribution in [0.15, 0.2) is 46.7 Å². The number of benzene rings is 1. The van der Waals surface area contributed by atoms with Gasteiger partial charge in [-0.2, -0.15) is 4.31 Å². The predicted molar refractivity (Wildman–Crippen MR) is 101 cm³/mol. The average Bonchev–Trinajstić information content (AvgIpc) is 3.05. The molecule has 0 N–H and O–H groups in total. The van der Waals surface area contributed by atoms with Gasteiger partial charge in [-0.15, -0.1) is 0 Å². The van der Waals surface area contributed by atoms with Gasteiger partial charge in [-0.3, -0.25) is 4.79 Å². The molecule has 1 fully saturated rings.